The predicted octanol–water partition coefficient (Wildman–Crippen LogP) is 3.87. The zero-order chi connectivity index (χ0) is 22.5. The molecule has 0 aromatic carbocycles. The van der Waals surface area contributed by atoms with Gasteiger partial charge in [0, 0.05) is 6.54 Å². The Labute approximate surface area is 184 Å². The van der Waals surface area contributed by atoms with Crippen molar-refractivity contribution < 1.29 is 23.6 Å². The molecule has 0 bridgehead atoms. The van der Waals surface area contributed by atoms with E-state index in [1.165, 1.54) is 0 Å². The van der Waals surface area contributed by atoms with Gasteiger partial charge in [-0.05, 0) is 54.4 Å². The van der Waals surface area contributed by atoms with Crippen LogP contribution >= 0.6 is 11.3 Å². The Morgan fingerprint density at radius 2 is 1.83 bits per heavy atom. The Hall–Kier alpha value is -1.16. The van der Waals surface area contributed by atoms with Gasteiger partial charge in [0.15, 0.2) is 0 Å². The number of nitrogens with zero attached hydrogens (tertiary/aromatic N) is 2. The van der Waals surface area contributed by atoms with E-state index < -0.39 is 23.9 Å². The maximum atomic E-state index is 12.5. The van der Waals surface area contributed by atoms with Gasteiger partial charge in [0.2, 0.25) is 0 Å². The Morgan fingerprint density at radius 3 is 2.37 bits per heavy atom. The molecule has 0 radical (unpaired) electrons. The highest BCUT2D eigenvalue weighted by molar-refractivity contribution is 7.22. The summed E-state index contributed by atoms with van der Waals surface area (Å²) in [6, 6.07) is 0. The molecule has 1 amide bonds. The Kier molecular flexibility index (Phi) is 6.33. The van der Waals surface area contributed by atoms with Gasteiger partial charge in [-0.1, -0.05) is 13.8 Å². The van der Waals surface area contributed by atoms with Crippen LogP contribution < -0.4 is 4.78 Å². The lowest BCUT2D eigenvalue weighted by Gasteiger charge is -2.33. The molecule has 9 heteroatoms. The predicted molar refractivity (Wildman–Crippen MR) is 118 cm³/mol. The van der Waals surface area contributed by atoms with E-state index in [-0.39, 0.29) is 18.1 Å². The number of aromatic nitrogens is 1. The van der Waals surface area contributed by atoms with Crippen LogP contribution in [0.4, 0.5) is 4.79 Å². The summed E-state index contributed by atoms with van der Waals surface area (Å²) in [5.41, 5.74) is -0.386. The molecule has 0 spiro atoms. The number of carbonyl (C=O) groups excluding carboxylic acids is 1. The van der Waals surface area contributed by atoms with Gasteiger partial charge < -0.3 is 23.7 Å². The molecular formula is C21H35BN2O5S. The standard InChI is InChI=1S/C21H35BN2O5S/c1-13(2)15-16(22-28-20(6,7)21(8,9)29-22)30-17(23-15)14-12-24(10-11-26-14)18(25)27-19(3,4)5/h13-14H,10-12H2,1-9H3. The van der Waals surface area contributed by atoms with Crippen molar-refractivity contribution in [2.24, 2.45) is 0 Å². The van der Waals surface area contributed by atoms with Crippen LogP contribution in [0.15, 0.2) is 0 Å². The summed E-state index contributed by atoms with van der Waals surface area (Å²) in [7, 11) is -0.454. The molecule has 1 unspecified atom stereocenters. The van der Waals surface area contributed by atoms with Crippen LogP contribution in [0.25, 0.3) is 0 Å². The lowest BCUT2D eigenvalue weighted by atomic mass is 9.84. The first-order chi connectivity index (χ1) is 13.7. The third-order valence-electron chi connectivity index (χ3n) is 5.71. The molecule has 3 heterocycles. The van der Waals surface area contributed by atoms with E-state index >= 15 is 0 Å². The van der Waals surface area contributed by atoms with Gasteiger partial charge in [-0.25, -0.2) is 9.78 Å². The van der Waals surface area contributed by atoms with Crippen molar-refractivity contribution in [1.82, 2.24) is 9.88 Å². The summed E-state index contributed by atoms with van der Waals surface area (Å²) in [4.78, 5) is 19.1. The summed E-state index contributed by atoms with van der Waals surface area (Å²) in [5.74, 6) is 0.217. The molecule has 1 aromatic rings. The highest BCUT2D eigenvalue weighted by Gasteiger charge is 2.53. The fourth-order valence-corrected chi connectivity index (χ4v) is 4.54. The quantitative estimate of drug-likeness (QED) is 0.668. The largest absolute Gasteiger partial charge is 0.507 e. The van der Waals surface area contributed by atoms with Crippen LogP contribution in [0.1, 0.15) is 85.0 Å². The zero-order valence-electron chi connectivity index (χ0n) is 19.7. The Balaban J connectivity index is 1.82. The number of hydrogen-bond donors (Lipinski definition) is 0. The summed E-state index contributed by atoms with van der Waals surface area (Å²) in [6.07, 6.45) is -0.604. The molecule has 2 fully saturated rings. The van der Waals surface area contributed by atoms with E-state index in [0.717, 1.165) is 15.5 Å². The monoisotopic (exact) mass is 438 g/mol. The average molecular weight is 438 g/mol. The van der Waals surface area contributed by atoms with Crippen molar-refractivity contribution in [3.05, 3.63) is 10.7 Å². The molecule has 0 N–H and O–H groups in total. The summed E-state index contributed by atoms with van der Waals surface area (Å²) >= 11 is 1.56. The van der Waals surface area contributed by atoms with Crippen LogP contribution in [-0.4, -0.2) is 59.6 Å². The number of morpholine rings is 1. The molecule has 30 heavy (non-hydrogen) atoms. The van der Waals surface area contributed by atoms with Gasteiger partial charge in [-0.2, -0.15) is 0 Å². The normalized spacial score (nSPS) is 23.9. The molecule has 0 saturated carbocycles. The van der Waals surface area contributed by atoms with Crippen LogP contribution in [0, 0.1) is 0 Å². The van der Waals surface area contributed by atoms with Crippen LogP contribution in [-0.2, 0) is 18.8 Å². The molecule has 1 atom stereocenters. The van der Waals surface area contributed by atoms with Gasteiger partial charge >= 0.3 is 13.2 Å². The van der Waals surface area contributed by atoms with Gasteiger partial charge in [0.1, 0.15) is 16.7 Å². The topological polar surface area (TPSA) is 70.1 Å². The van der Waals surface area contributed by atoms with Crippen LogP contribution in [0.3, 0.4) is 0 Å². The van der Waals surface area contributed by atoms with Gasteiger partial charge in [-0.15, -0.1) is 11.3 Å². The molecule has 3 rings (SSSR count). The highest BCUT2D eigenvalue weighted by atomic mass is 32.1. The van der Waals surface area contributed by atoms with Gasteiger partial charge in [0.05, 0.1) is 34.8 Å². The minimum absolute atomic E-state index is 0.217. The SMILES string of the molecule is CC(C)c1nc(C2CN(C(=O)OC(C)(C)C)CCO2)sc1B1OC(C)(C)C(C)(C)O1. The second kappa shape index (κ2) is 8.08. The van der Waals surface area contributed by atoms with E-state index in [9.17, 15) is 4.79 Å². The molecule has 1 aromatic heterocycles. The number of ether oxygens (including phenoxy) is 2. The lowest BCUT2D eigenvalue weighted by Crippen LogP contribution is -2.44. The summed E-state index contributed by atoms with van der Waals surface area (Å²) in [5, 5.41) is 0.844. The van der Waals surface area contributed by atoms with Crippen LogP contribution in [0.5, 0.6) is 0 Å². The maximum Gasteiger partial charge on any atom is 0.507 e. The number of rotatable bonds is 3. The highest BCUT2D eigenvalue weighted by Crippen LogP contribution is 2.38. The second-order valence-electron chi connectivity index (χ2n) is 10.3. The van der Waals surface area contributed by atoms with Crippen molar-refractivity contribution in [3.63, 3.8) is 0 Å². The first-order valence-electron chi connectivity index (χ1n) is 10.7. The molecule has 2 saturated heterocycles. The van der Waals surface area contributed by atoms with E-state index in [1.807, 2.05) is 48.5 Å². The van der Waals surface area contributed by atoms with E-state index in [1.54, 1.807) is 16.2 Å². The van der Waals surface area contributed by atoms with Crippen molar-refractivity contribution in [1.29, 1.82) is 0 Å². The first-order valence-corrected chi connectivity index (χ1v) is 11.5. The molecule has 2 aliphatic rings. The van der Waals surface area contributed by atoms with Crippen LogP contribution in [0.2, 0.25) is 0 Å². The molecule has 2 aliphatic heterocycles. The Morgan fingerprint density at radius 1 is 1.23 bits per heavy atom. The van der Waals surface area contributed by atoms with Gasteiger partial charge in [0.25, 0.3) is 0 Å². The molecule has 0 aliphatic carbocycles. The number of carbonyl (C=O) groups is 1. The molecular weight excluding hydrogens is 403 g/mol. The zero-order valence-corrected chi connectivity index (χ0v) is 20.5. The number of thiazole rings is 1. The van der Waals surface area contributed by atoms with Crippen molar-refractivity contribution in [2.45, 2.75) is 91.1 Å². The fraction of sp³-hybridized carbons (Fsp3) is 0.810. The smallest absolute Gasteiger partial charge is 0.444 e. The molecule has 168 valence electrons. The maximum absolute atomic E-state index is 12.5. The summed E-state index contributed by atoms with van der Waals surface area (Å²) in [6.45, 7) is 19.4. The first kappa shape index (κ1) is 23.5. The van der Waals surface area contributed by atoms with Crippen molar-refractivity contribution in [3.8, 4) is 0 Å². The number of hydrogen-bond acceptors (Lipinski definition) is 7. The second-order valence-corrected chi connectivity index (χ2v) is 11.4. The third-order valence-corrected chi connectivity index (χ3v) is 6.89. The minimum Gasteiger partial charge on any atom is -0.444 e. The van der Waals surface area contributed by atoms with E-state index in [4.69, 9.17) is 23.8 Å². The lowest BCUT2D eigenvalue weighted by molar-refractivity contribution is -0.0433. The van der Waals surface area contributed by atoms with Gasteiger partial charge in [-0.3, -0.25) is 0 Å². The molecule has 7 nitrogen and oxygen atoms in total. The van der Waals surface area contributed by atoms with E-state index in [0.29, 0.717) is 19.7 Å². The fourth-order valence-electron chi connectivity index (χ4n) is 3.32. The Bertz CT molecular complexity index is 771. The van der Waals surface area contributed by atoms with Crippen molar-refractivity contribution >= 4 is 29.3 Å². The average Bonchev–Trinajstić information content (AvgIpc) is 3.13. The summed E-state index contributed by atoms with van der Waals surface area (Å²) < 4.78 is 25.1. The number of amides is 1. The van der Waals surface area contributed by atoms with Crippen molar-refractivity contribution in [2.75, 3.05) is 19.7 Å². The third kappa shape index (κ3) is 4.84. The minimum atomic E-state index is -0.527. The van der Waals surface area contributed by atoms with E-state index in [2.05, 4.69) is 13.8 Å².